The molecule has 2 aromatic heterocycles. The molecule has 1 atom stereocenters. The number of aryl methyl sites for hydroxylation is 2. The number of carbonyl (C=O) groups is 1. The van der Waals surface area contributed by atoms with Gasteiger partial charge in [0.15, 0.2) is 0 Å². The second kappa shape index (κ2) is 7.63. The number of aromatic nitrogens is 4. The van der Waals surface area contributed by atoms with Crippen molar-refractivity contribution >= 4 is 11.7 Å². The first-order valence-electron chi connectivity index (χ1n) is 8.86. The Morgan fingerprint density at radius 2 is 2.08 bits per heavy atom. The summed E-state index contributed by atoms with van der Waals surface area (Å²) in [5.74, 6) is 1.13. The first-order valence-corrected chi connectivity index (χ1v) is 8.86. The van der Waals surface area contributed by atoms with Crippen molar-refractivity contribution in [3.63, 3.8) is 0 Å². The van der Waals surface area contributed by atoms with Crippen LogP contribution in [0.2, 0.25) is 0 Å². The minimum atomic E-state index is 0.152. The quantitative estimate of drug-likeness (QED) is 0.914. The van der Waals surface area contributed by atoms with E-state index in [1.807, 2.05) is 24.8 Å². The van der Waals surface area contributed by atoms with Crippen LogP contribution >= 0.6 is 0 Å². The number of nitrogens with zero attached hydrogens (tertiary/aromatic N) is 5. The SMILES string of the molecule is Cc1cc(C)n(CC(=O)N2CCCC(Cc3cnc(N)cn3)CC2)n1. The molecule has 0 bridgehead atoms. The van der Waals surface area contributed by atoms with Crippen molar-refractivity contribution in [2.24, 2.45) is 5.92 Å². The Labute approximate surface area is 148 Å². The van der Waals surface area contributed by atoms with Crippen molar-refractivity contribution in [1.29, 1.82) is 0 Å². The van der Waals surface area contributed by atoms with Crippen molar-refractivity contribution < 1.29 is 4.79 Å². The van der Waals surface area contributed by atoms with Crippen LogP contribution in [0.5, 0.6) is 0 Å². The summed E-state index contributed by atoms with van der Waals surface area (Å²) >= 11 is 0. The third-order valence-electron chi connectivity index (χ3n) is 4.81. The Morgan fingerprint density at radius 3 is 2.76 bits per heavy atom. The van der Waals surface area contributed by atoms with Gasteiger partial charge >= 0.3 is 0 Å². The van der Waals surface area contributed by atoms with Gasteiger partial charge in [0.25, 0.3) is 0 Å². The van der Waals surface area contributed by atoms with Gasteiger partial charge in [0.05, 0.1) is 23.8 Å². The Balaban J connectivity index is 1.54. The van der Waals surface area contributed by atoms with E-state index in [2.05, 4.69) is 15.1 Å². The average Bonchev–Trinajstić information content (AvgIpc) is 2.76. The van der Waals surface area contributed by atoms with Gasteiger partial charge in [-0.15, -0.1) is 0 Å². The van der Waals surface area contributed by atoms with Crippen LogP contribution in [-0.4, -0.2) is 43.6 Å². The maximum absolute atomic E-state index is 12.6. The molecule has 0 aliphatic carbocycles. The molecule has 3 heterocycles. The molecule has 3 rings (SSSR count). The number of carbonyl (C=O) groups excluding carboxylic acids is 1. The number of rotatable bonds is 4. The average molecular weight is 342 g/mol. The van der Waals surface area contributed by atoms with E-state index in [4.69, 9.17) is 5.73 Å². The topological polar surface area (TPSA) is 89.9 Å². The maximum Gasteiger partial charge on any atom is 0.244 e. The highest BCUT2D eigenvalue weighted by atomic mass is 16.2. The lowest BCUT2D eigenvalue weighted by Gasteiger charge is -2.21. The van der Waals surface area contributed by atoms with Crippen molar-refractivity contribution in [2.75, 3.05) is 18.8 Å². The Kier molecular flexibility index (Phi) is 5.31. The third kappa shape index (κ3) is 4.55. The molecule has 1 aliphatic rings. The minimum Gasteiger partial charge on any atom is -0.382 e. The van der Waals surface area contributed by atoms with Crippen molar-refractivity contribution in [2.45, 2.75) is 46.1 Å². The van der Waals surface area contributed by atoms with Gasteiger partial charge in [0.1, 0.15) is 12.4 Å². The number of hydrogen-bond donors (Lipinski definition) is 1. The summed E-state index contributed by atoms with van der Waals surface area (Å²) in [4.78, 5) is 23.0. The molecule has 0 spiro atoms. The number of nitrogen functional groups attached to an aromatic ring is 1. The molecule has 25 heavy (non-hydrogen) atoms. The fourth-order valence-corrected chi connectivity index (χ4v) is 3.45. The van der Waals surface area contributed by atoms with E-state index in [-0.39, 0.29) is 5.91 Å². The summed E-state index contributed by atoms with van der Waals surface area (Å²) in [7, 11) is 0. The highest BCUT2D eigenvalue weighted by Gasteiger charge is 2.22. The van der Waals surface area contributed by atoms with E-state index in [0.717, 1.165) is 55.9 Å². The van der Waals surface area contributed by atoms with E-state index in [1.54, 1.807) is 17.1 Å². The second-order valence-corrected chi connectivity index (χ2v) is 6.90. The molecular formula is C18H26N6O. The summed E-state index contributed by atoms with van der Waals surface area (Å²) < 4.78 is 1.80. The molecule has 7 nitrogen and oxygen atoms in total. The molecule has 0 aromatic carbocycles. The Morgan fingerprint density at radius 1 is 1.24 bits per heavy atom. The molecule has 0 radical (unpaired) electrons. The van der Waals surface area contributed by atoms with Gasteiger partial charge in [-0.3, -0.25) is 14.5 Å². The first kappa shape index (κ1) is 17.4. The zero-order valence-corrected chi connectivity index (χ0v) is 15.0. The number of hydrogen-bond acceptors (Lipinski definition) is 5. The normalized spacial score (nSPS) is 18.2. The van der Waals surface area contributed by atoms with Crippen LogP contribution in [0, 0.1) is 19.8 Å². The predicted molar refractivity (Wildman–Crippen MR) is 95.8 cm³/mol. The van der Waals surface area contributed by atoms with Crippen LogP contribution in [0.15, 0.2) is 18.5 Å². The van der Waals surface area contributed by atoms with Gasteiger partial charge in [0.2, 0.25) is 5.91 Å². The number of amides is 1. The van der Waals surface area contributed by atoms with E-state index in [9.17, 15) is 4.79 Å². The summed E-state index contributed by atoms with van der Waals surface area (Å²) in [6.45, 7) is 5.88. The molecule has 1 fully saturated rings. The van der Waals surface area contributed by atoms with Crippen molar-refractivity contribution in [3.8, 4) is 0 Å². The van der Waals surface area contributed by atoms with Crippen LogP contribution in [0.4, 0.5) is 5.82 Å². The lowest BCUT2D eigenvalue weighted by molar-refractivity contribution is -0.132. The fraction of sp³-hybridized carbons (Fsp3) is 0.556. The van der Waals surface area contributed by atoms with E-state index in [0.29, 0.717) is 18.3 Å². The van der Waals surface area contributed by atoms with Gasteiger partial charge in [0, 0.05) is 18.8 Å². The van der Waals surface area contributed by atoms with Crippen LogP contribution in [0.25, 0.3) is 0 Å². The predicted octanol–water partition coefficient (Wildman–Crippen LogP) is 1.74. The molecule has 134 valence electrons. The highest BCUT2D eigenvalue weighted by Crippen LogP contribution is 2.21. The zero-order chi connectivity index (χ0) is 17.8. The van der Waals surface area contributed by atoms with Gasteiger partial charge < -0.3 is 10.6 Å². The smallest absolute Gasteiger partial charge is 0.244 e. The molecular weight excluding hydrogens is 316 g/mol. The fourth-order valence-electron chi connectivity index (χ4n) is 3.45. The van der Waals surface area contributed by atoms with Crippen LogP contribution in [0.1, 0.15) is 36.3 Å². The summed E-state index contributed by atoms with van der Waals surface area (Å²) in [6.07, 6.45) is 7.38. The molecule has 1 unspecified atom stereocenters. The standard InChI is InChI=1S/C18H26N6O/c1-13-8-14(2)24(22-13)12-18(25)23-6-3-4-15(5-7-23)9-16-10-21-17(19)11-20-16/h8,10-11,15H,3-7,9,12H2,1-2H3,(H2,19,21). The second-order valence-electron chi connectivity index (χ2n) is 6.90. The Hall–Kier alpha value is -2.44. The maximum atomic E-state index is 12.6. The summed E-state index contributed by atoms with van der Waals surface area (Å²) in [5.41, 5.74) is 8.54. The van der Waals surface area contributed by atoms with Crippen LogP contribution in [-0.2, 0) is 17.8 Å². The zero-order valence-electron chi connectivity index (χ0n) is 15.0. The number of nitrogens with two attached hydrogens (primary N) is 1. The minimum absolute atomic E-state index is 0.152. The Bertz CT molecular complexity index is 724. The van der Waals surface area contributed by atoms with E-state index < -0.39 is 0 Å². The van der Waals surface area contributed by atoms with Gasteiger partial charge in [-0.25, -0.2) is 4.98 Å². The first-order chi connectivity index (χ1) is 12.0. The molecule has 1 saturated heterocycles. The van der Waals surface area contributed by atoms with Gasteiger partial charge in [-0.1, -0.05) is 0 Å². The van der Waals surface area contributed by atoms with Gasteiger partial charge in [-0.2, -0.15) is 5.10 Å². The number of anilines is 1. The molecule has 2 N–H and O–H groups in total. The van der Waals surface area contributed by atoms with E-state index >= 15 is 0 Å². The lowest BCUT2D eigenvalue weighted by atomic mass is 9.95. The summed E-state index contributed by atoms with van der Waals surface area (Å²) in [5, 5.41) is 4.39. The van der Waals surface area contributed by atoms with Crippen LogP contribution < -0.4 is 5.73 Å². The molecule has 0 saturated carbocycles. The van der Waals surface area contributed by atoms with Crippen molar-refractivity contribution in [3.05, 3.63) is 35.5 Å². The molecule has 2 aromatic rings. The van der Waals surface area contributed by atoms with Crippen molar-refractivity contribution in [1.82, 2.24) is 24.6 Å². The largest absolute Gasteiger partial charge is 0.382 e. The lowest BCUT2D eigenvalue weighted by Crippen LogP contribution is -2.35. The van der Waals surface area contributed by atoms with Gasteiger partial charge in [-0.05, 0) is 51.5 Å². The molecule has 1 amide bonds. The van der Waals surface area contributed by atoms with E-state index in [1.165, 1.54) is 0 Å². The highest BCUT2D eigenvalue weighted by molar-refractivity contribution is 5.76. The van der Waals surface area contributed by atoms with Crippen LogP contribution in [0.3, 0.4) is 0 Å². The molecule has 7 heteroatoms. The summed E-state index contributed by atoms with van der Waals surface area (Å²) in [6, 6.07) is 2.00. The number of likely N-dealkylation sites (tertiary alicyclic amines) is 1. The third-order valence-corrected chi connectivity index (χ3v) is 4.81. The monoisotopic (exact) mass is 342 g/mol. The molecule has 1 aliphatic heterocycles.